The van der Waals surface area contributed by atoms with E-state index in [9.17, 15) is 9.59 Å². The number of Topliss-reactive ketones (excluding diaryl/α,β-unsaturated/α-hetero) is 1. The molecule has 1 aliphatic heterocycles. The number of hydrogen-bond donors (Lipinski definition) is 0. The largest absolute Gasteiger partial charge is 0.466 e. The van der Waals surface area contributed by atoms with Crippen LogP contribution in [0.15, 0.2) is 11.3 Å². The van der Waals surface area contributed by atoms with E-state index in [2.05, 4.69) is 4.90 Å². The quantitative estimate of drug-likeness (QED) is 0.651. The molecule has 0 aromatic heterocycles. The average Bonchev–Trinajstić information content (AvgIpc) is 2.54. The van der Waals surface area contributed by atoms with Crippen LogP contribution in [0.3, 0.4) is 0 Å². The van der Waals surface area contributed by atoms with E-state index in [0.717, 1.165) is 24.1 Å². The minimum atomic E-state index is -0.260. The second kappa shape index (κ2) is 4.17. The fraction of sp³-hybridized carbons (Fsp3) is 0.692. The van der Waals surface area contributed by atoms with Gasteiger partial charge in [0.15, 0.2) is 0 Å². The molecule has 4 heteroatoms. The molecule has 94 valence electrons. The van der Waals surface area contributed by atoms with Gasteiger partial charge in [-0.2, -0.15) is 0 Å². The standard InChI is InChI=1S/C13H19NO3/c1-9-11(12(16)17-3)8-13(14(9)2)6-4-5-10(15)7-13/h4-8H2,1-3H3. The fourth-order valence-corrected chi connectivity index (χ4v) is 3.07. The first-order valence-corrected chi connectivity index (χ1v) is 6.04. The van der Waals surface area contributed by atoms with Crippen LogP contribution in [-0.2, 0) is 14.3 Å². The highest BCUT2D eigenvalue weighted by molar-refractivity contribution is 5.91. The van der Waals surface area contributed by atoms with Crippen LogP contribution >= 0.6 is 0 Å². The van der Waals surface area contributed by atoms with Crippen LogP contribution in [0, 0.1) is 0 Å². The highest BCUT2D eigenvalue weighted by Gasteiger charge is 2.46. The topological polar surface area (TPSA) is 46.6 Å². The Hall–Kier alpha value is -1.32. The number of rotatable bonds is 1. The normalized spacial score (nSPS) is 29.1. The van der Waals surface area contributed by atoms with Crippen LogP contribution in [-0.4, -0.2) is 36.3 Å². The van der Waals surface area contributed by atoms with E-state index in [0.29, 0.717) is 25.0 Å². The summed E-state index contributed by atoms with van der Waals surface area (Å²) in [5.41, 5.74) is 1.51. The third-order valence-electron chi connectivity index (χ3n) is 4.21. The van der Waals surface area contributed by atoms with Gasteiger partial charge in [-0.3, -0.25) is 4.79 Å². The lowest BCUT2D eigenvalue weighted by atomic mass is 9.78. The van der Waals surface area contributed by atoms with E-state index in [1.807, 2.05) is 14.0 Å². The molecule has 2 aliphatic rings. The minimum absolute atomic E-state index is 0.164. The highest BCUT2D eigenvalue weighted by atomic mass is 16.5. The summed E-state index contributed by atoms with van der Waals surface area (Å²) >= 11 is 0. The third kappa shape index (κ3) is 1.85. The Morgan fingerprint density at radius 2 is 2.12 bits per heavy atom. The molecule has 0 N–H and O–H groups in total. The lowest BCUT2D eigenvalue weighted by Crippen LogP contribution is -2.45. The molecule has 0 bridgehead atoms. The maximum absolute atomic E-state index is 11.7. The molecular formula is C13H19NO3. The third-order valence-corrected chi connectivity index (χ3v) is 4.21. The molecule has 1 spiro atoms. The van der Waals surface area contributed by atoms with Crippen molar-refractivity contribution in [2.75, 3.05) is 14.2 Å². The van der Waals surface area contributed by atoms with Crippen molar-refractivity contribution < 1.29 is 14.3 Å². The molecular weight excluding hydrogens is 218 g/mol. The van der Waals surface area contributed by atoms with E-state index in [4.69, 9.17) is 4.74 Å². The zero-order valence-corrected chi connectivity index (χ0v) is 10.7. The molecule has 1 unspecified atom stereocenters. The number of carbonyl (C=O) groups excluding carboxylic acids is 2. The summed E-state index contributed by atoms with van der Waals surface area (Å²) in [5.74, 6) is 0.0475. The molecule has 2 rings (SSSR count). The molecule has 0 radical (unpaired) electrons. The molecule has 0 aromatic rings. The van der Waals surface area contributed by atoms with Crippen LogP contribution in [0.25, 0.3) is 0 Å². The van der Waals surface area contributed by atoms with Gasteiger partial charge in [0.25, 0.3) is 0 Å². The number of allylic oxidation sites excluding steroid dienone is 1. The van der Waals surface area contributed by atoms with Gasteiger partial charge in [0.2, 0.25) is 0 Å². The Morgan fingerprint density at radius 3 is 2.71 bits per heavy atom. The number of methoxy groups -OCH3 is 1. The summed E-state index contributed by atoms with van der Waals surface area (Å²) in [6.07, 6.45) is 3.79. The second-order valence-electron chi connectivity index (χ2n) is 5.08. The number of nitrogens with zero attached hydrogens (tertiary/aromatic N) is 1. The zero-order valence-electron chi connectivity index (χ0n) is 10.7. The van der Waals surface area contributed by atoms with Gasteiger partial charge in [-0.05, 0) is 19.8 Å². The monoisotopic (exact) mass is 237 g/mol. The van der Waals surface area contributed by atoms with Gasteiger partial charge in [-0.15, -0.1) is 0 Å². The summed E-state index contributed by atoms with van der Waals surface area (Å²) in [5, 5.41) is 0. The first-order valence-electron chi connectivity index (χ1n) is 6.04. The molecule has 0 saturated heterocycles. The van der Waals surface area contributed by atoms with Crippen LogP contribution in [0.4, 0.5) is 0 Å². The van der Waals surface area contributed by atoms with Crippen LogP contribution in [0.2, 0.25) is 0 Å². The van der Waals surface area contributed by atoms with Gasteiger partial charge in [-0.1, -0.05) is 0 Å². The Labute approximate surface area is 102 Å². The number of ether oxygens (including phenoxy) is 1. The molecule has 0 amide bonds. The van der Waals surface area contributed by atoms with Crippen molar-refractivity contribution in [2.45, 2.75) is 44.6 Å². The molecule has 0 aromatic carbocycles. The maximum Gasteiger partial charge on any atom is 0.335 e. The van der Waals surface area contributed by atoms with Crippen molar-refractivity contribution in [3.63, 3.8) is 0 Å². The van der Waals surface area contributed by atoms with E-state index < -0.39 is 0 Å². The fourth-order valence-electron chi connectivity index (χ4n) is 3.07. The van der Waals surface area contributed by atoms with Gasteiger partial charge >= 0.3 is 5.97 Å². The number of ketones is 1. The SMILES string of the molecule is COC(=O)C1=C(C)N(C)C2(CCCC(=O)C2)C1. The van der Waals surface area contributed by atoms with Gasteiger partial charge in [0.05, 0.1) is 18.2 Å². The van der Waals surface area contributed by atoms with Gasteiger partial charge < -0.3 is 9.64 Å². The number of carbonyl (C=O) groups is 2. The molecule has 4 nitrogen and oxygen atoms in total. The van der Waals surface area contributed by atoms with E-state index in [1.54, 1.807) is 0 Å². The summed E-state index contributed by atoms with van der Waals surface area (Å²) in [6, 6.07) is 0. The predicted octanol–water partition coefficient (Wildman–Crippen LogP) is 1.65. The Bertz CT molecular complexity index is 399. The lowest BCUT2D eigenvalue weighted by molar-refractivity contribution is -0.136. The minimum Gasteiger partial charge on any atom is -0.466 e. The molecule has 1 saturated carbocycles. The van der Waals surface area contributed by atoms with Crippen molar-refractivity contribution >= 4 is 11.8 Å². The predicted molar refractivity (Wildman–Crippen MR) is 63.3 cm³/mol. The highest BCUT2D eigenvalue weighted by Crippen LogP contribution is 2.44. The number of esters is 1. The molecule has 1 fully saturated rings. The molecule has 1 atom stereocenters. The first kappa shape index (κ1) is 12.1. The Kier molecular flexibility index (Phi) is 2.98. The van der Waals surface area contributed by atoms with Crippen molar-refractivity contribution in [3.8, 4) is 0 Å². The van der Waals surface area contributed by atoms with Crippen molar-refractivity contribution in [1.29, 1.82) is 0 Å². The smallest absolute Gasteiger partial charge is 0.335 e. The van der Waals surface area contributed by atoms with Crippen molar-refractivity contribution in [1.82, 2.24) is 4.90 Å². The zero-order chi connectivity index (χ0) is 12.6. The molecule has 1 aliphatic carbocycles. The van der Waals surface area contributed by atoms with E-state index in [1.165, 1.54) is 7.11 Å². The van der Waals surface area contributed by atoms with Gasteiger partial charge in [0, 0.05) is 32.0 Å². The summed E-state index contributed by atoms with van der Waals surface area (Å²) in [4.78, 5) is 25.5. The van der Waals surface area contributed by atoms with Crippen molar-refractivity contribution in [2.24, 2.45) is 0 Å². The Balaban J connectivity index is 2.26. The maximum atomic E-state index is 11.7. The molecule has 1 heterocycles. The lowest BCUT2D eigenvalue weighted by Gasteiger charge is -2.41. The molecule has 17 heavy (non-hydrogen) atoms. The van der Waals surface area contributed by atoms with Gasteiger partial charge in [0.1, 0.15) is 5.78 Å². The summed E-state index contributed by atoms with van der Waals surface area (Å²) < 4.78 is 4.81. The van der Waals surface area contributed by atoms with Crippen molar-refractivity contribution in [3.05, 3.63) is 11.3 Å². The van der Waals surface area contributed by atoms with Gasteiger partial charge in [-0.25, -0.2) is 4.79 Å². The summed E-state index contributed by atoms with van der Waals surface area (Å²) in [6.45, 7) is 1.93. The van der Waals surface area contributed by atoms with Crippen LogP contribution < -0.4 is 0 Å². The van der Waals surface area contributed by atoms with E-state index >= 15 is 0 Å². The number of hydrogen-bond acceptors (Lipinski definition) is 4. The second-order valence-corrected chi connectivity index (χ2v) is 5.08. The Morgan fingerprint density at radius 1 is 1.41 bits per heavy atom. The summed E-state index contributed by atoms with van der Waals surface area (Å²) in [7, 11) is 3.38. The average molecular weight is 237 g/mol. The van der Waals surface area contributed by atoms with Crippen LogP contribution in [0.5, 0.6) is 0 Å². The first-order chi connectivity index (χ1) is 8.00. The van der Waals surface area contributed by atoms with E-state index in [-0.39, 0.29) is 11.5 Å². The van der Waals surface area contributed by atoms with Crippen LogP contribution in [0.1, 0.15) is 39.0 Å².